The number of hydrogen-bond donors (Lipinski definition) is 4. The van der Waals surface area contributed by atoms with Gasteiger partial charge in [-0.2, -0.15) is 10.5 Å². The third kappa shape index (κ3) is 13.2. The molecule has 2 saturated heterocycles. The van der Waals surface area contributed by atoms with Gasteiger partial charge in [-0.05, 0) is 87.7 Å². The van der Waals surface area contributed by atoms with Gasteiger partial charge >= 0.3 is 0 Å². The largest absolute Gasteiger partial charge is 0.494 e. The molecule has 4 amide bonds. The van der Waals surface area contributed by atoms with E-state index in [2.05, 4.69) is 25.9 Å². The molecule has 4 heterocycles. The predicted octanol–water partition coefficient (Wildman–Crippen LogP) is 3.83. The number of benzene rings is 2. The van der Waals surface area contributed by atoms with Crippen LogP contribution in [0.4, 0.5) is 23.2 Å². The van der Waals surface area contributed by atoms with Gasteiger partial charge in [0.05, 0.1) is 80.3 Å². The highest BCUT2D eigenvalue weighted by atomic mass is 19.3. The first-order chi connectivity index (χ1) is 34.0. The second-order valence-corrected chi connectivity index (χ2v) is 16.5. The zero-order chi connectivity index (χ0) is 51.3. The molecular formula is C48H50F4N10O9. The zero-order valence-corrected chi connectivity index (χ0v) is 38.5. The van der Waals surface area contributed by atoms with Crippen LogP contribution in [0.2, 0.25) is 0 Å². The normalized spacial score (nSPS) is 16.6. The number of alkyl halides is 4. The monoisotopic (exact) mass is 986 g/mol. The Morgan fingerprint density at radius 3 is 1.65 bits per heavy atom. The number of pyridine rings is 2. The van der Waals surface area contributed by atoms with Crippen molar-refractivity contribution in [2.45, 2.75) is 69.4 Å². The molecule has 7 rings (SSSR count). The maximum absolute atomic E-state index is 13.6. The van der Waals surface area contributed by atoms with Gasteiger partial charge in [-0.3, -0.25) is 38.7 Å². The minimum Gasteiger partial charge on any atom is -0.494 e. The van der Waals surface area contributed by atoms with E-state index in [1.54, 1.807) is 55.5 Å². The average Bonchev–Trinajstić information content (AvgIpc) is 3.88. The molecule has 3 aromatic carbocycles. The van der Waals surface area contributed by atoms with Crippen LogP contribution in [0.5, 0.6) is 17.2 Å². The average molecular weight is 987 g/mol. The number of amides is 4. The van der Waals surface area contributed by atoms with E-state index in [1.807, 2.05) is 0 Å². The predicted molar refractivity (Wildman–Crippen MR) is 249 cm³/mol. The number of carbonyl (C=O) groups excluding carboxylic acids is 4. The molecule has 0 spiro atoms. The number of nitrogens with two attached hydrogens (primary N) is 1. The highest BCUT2D eigenvalue weighted by Crippen LogP contribution is 2.33. The molecular weight excluding hydrogens is 937 g/mol. The molecule has 2 atom stereocenters. The van der Waals surface area contributed by atoms with Gasteiger partial charge in [0, 0.05) is 42.6 Å². The van der Waals surface area contributed by atoms with E-state index in [1.165, 1.54) is 24.5 Å². The van der Waals surface area contributed by atoms with Crippen LogP contribution in [0, 0.1) is 22.7 Å². The summed E-state index contributed by atoms with van der Waals surface area (Å²) in [5, 5.41) is 26.9. The fourth-order valence-corrected chi connectivity index (χ4v) is 7.80. The van der Waals surface area contributed by atoms with E-state index in [0.717, 1.165) is 22.6 Å². The lowest BCUT2D eigenvalue weighted by Crippen LogP contribution is -2.43. The van der Waals surface area contributed by atoms with E-state index in [-0.39, 0.29) is 22.6 Å². The molecule has 23 heteroatoms. The Hall–Kier alpha value is -7.92. The SMILES string of the molecule is CCOc1c(NCCCCOc2ccc3nccc(C(=O)NCC(=O)N4CC(F)(F)C[C@H]4C#N)c3c2)c(=O)c1=O.N#C[C@@H]1CC(F)(F)CN1C(=O)CNC(=O)c1ccnc2ccc(OCCCCN)cc12. The third-order valence-electron chi connectivity index (χ3n) is 11.4. The van der Waals surface area contributed by atoms with Crippen molar-refractivity contribution in [2.75, 3.05) is 64.4 Å². The molecule has 0 saturated carbocycles. The minimum atomic E-state index is -3.14. The number of carbonyl (C=O) groups is 4. The summed E-state index contributed by atoms with van der Waals surface area (Å²) in [4.78, 5) is 83.5. The number of nitrogens with zero attached hydrogens (tertiary/aromatic N) is 6. The van der Waals surface area contributed by atoms with E-state index in [0.29, 0.717) is 79.1 Å². The summed E-state index contributed by atoms with van der Waals surface area (Å²) in [5.74, 6) is -7.80. The second kappa shape index (κ2) is 23.6. The summed E-state index contributed by atoms with van der Waals surface area (Å²) in [6, 6.07) is 14.1. The van der Waals surface area contributed by atoms with E-state index in [9.17, 15) is 46.3 Å². The van der Waals surface area contributed by atoms with Crippen LogP contribution in [-0.2, 0) is 9.59 Å². The number of rotatable bonds is 20. The molecule has 19 nitrogen and oxygen atoms in total. The van der Waals surface area contributed by atoms with Gasteiger partial charge in [0.1, 0.15) is 29.3 Å². The Bertz CT molecular complexity index is 2920. The summed E-state index contributed by atoms with van der Waals surface area (Å²) in [6.45, 7) is 1.15. The molecule has 2 fully saturated rings. The summed E-state index contributed by atoms with van der Waals surface area (Å²) in [7, 11) is 0. The van der Waals surface area contributed by atoms with Gasteiger partial charge in [-0.25, -0.2) is 17.6 Å². The minimum absolute atomic E-state index is 0.0710. The molecule has 2 aromatic heterocycles. The zero-order valence-electron chi connectivity index (χ0n) is 38.5. The van der Waals surface area contributed by atoms with Crippen molar-refractivity contribution in [3.8, 4) is 29.4 Å². The van der Waals surface area contributed by atoms with Crippen LogP contribution in [0.1, 0.15) is 66.2 Å². The standard InChI is InChI=1S/C27H27F2N5O6.C21H23F2N5O3/c1-2-39-25-22(23(36)24(25)37)32-8-3-4-10-40-17-5-6-20-19(11-17)18(7-9-31-20)26(38)33-14-21(35)34-15-27(28,29)12-16(34)13-30;22-21(23)10-14(11-25)28(13-21)19(29)12-27-20(30)16-5-7-26-18-4-3-15(9-17(16)18)31-8-2-1-6-24/h5-7,9,11,16,32H,2-4,8,10,12,14-15H2,1H3,(H,33,38);3-5,7,9,14H,1-2,6,8,10,12-13,24H2,(H,27,30)/t16-;14-/m00/s1. The summed E-state index contributed by atoms with van der Waals surface area (Å²) < 4.78 is 71.0. The van der Waals surface area contributed by atoms with Crippen LogP contribution in [-0.4, -0.2) is 126 Å². The lowest BCUT2D eigenvalue weighted by atomic mass is 10.1. The summed E-state index contributed by atoms with van der Waals surface area (Å²) in [5.41, 5.74) is 6.02. The van der Waals surface area contributed by atoms with Crippen molar-refractivity contribution < 1.29 is 51.0 Å². The summed E-state index contributed by atoms with van der Waals surface area (Å²) in [6.07, 6.45) is 4.39. The molecule has 5 N–H and O–H groups in total. The molecule has 71 heavy (non-hydrogen) atoms. The molecule has 374 valence electrons. The molecule has 0 radical (unpaired) electrons. The molecule has 2 aliphatic heterocycles. The number of nitriles is 2. The number of nitrogens with one attached hydrogen (secondary N) is 3. The van der Waals surface area contributed by atoms with Crippen LogP contribution >= 0.6 is 0 Å². The van der Waals surface area contributed by atoms with E-state index >= 15 is 0 Å². The quantitative estimate of drug-likeness (QED) is 0.0490. The molecule has 0 bridgehead atoms. The highest BCUT2D eigenvalue weighted by Gasteiger charge is 2.48. The highest BCUT2D eigenvalue weighted by molar-refractivity contribution is 6.08. The van der Waals surface area contributed by atoms with Gasteiger partial charge < -0.3 is 45.7 Å². The number of anilines is 1. The van der Waals surface area contributed by atoms with Crippen molar-refractivity contribution in [3.63, 3.8) is 0 Å². The van der Waals surface area contributed by atoms with E-state index < -0.39 is 97.4 Å². The maximum atomic E-state index is 13.6. The third-order valence-corrected chi connectivity index (χ3v) is 11.4. The number of ether oxygens (including phenoxy) is 3. The lowest BCUT2D eigenvalue weighted by Gasteiger charge is -2.19. The number of unbranched alkanes of at least 4 members (excludes halogenated alkanes) is 2. The van der Waals surface area contributed by atoms with Crippen LogP contribution < -0.4 is 46.8 Å². The van der Waals surface area contributed by atoms with Crippen molar-refractivity contribution in [3.05, 3.63) is 92.5 Å². The number of hydrogen-bond acceptors (Lipinski definition) is 15. The van der Waals surface area contributed by atoms with Crippen molar-refractivity contribution >= 4 is 51.1 Å². The fraction of sp³-hybridized carbons (Fsp3) is 0.417. The first kappa shape index (κ1) is 52.5. The van der Waals surface area contributed by atoms with Crippen molar-refractivity contribution in [2.24, 2.45) is 5.73 Å². The van der Waals surface area contributed by atoms with Crippen LogP contribution in [0.3, 0.4) is 0 Å². The molecule has 5 aromatic rings. The number of fused-ring (bicyclic) bond motifs is 2. The van der Waals surface area contributed by atoms with E-state index in [4.69, 9.17) is 30.5 Å². The first-order valence-electron chi connectivity index (χ1n) is 22.6. The Kier molecular flexibility index (Phi) is 17.4. The Labute approximate surface area is 403 Å². The van der Waals surface area contributed by atoms with Gasteiger partial charge in [0.2, 0.25) is 11.8 Å². The number of halogens is 4. The van der Waals surface area contributed by atoms with Crippen LogP contribution in [0.25, 0.3) is 21.8 Å². The molecule has 2 aliphatic rings. The second-order valence-electron chi connectivity index (χ2n) is 16.5. The van der Waals surface area contributed by atoms with Crippen molar-refractivity contribution in [1.29, 1.82) is 10.5 Å². The molecule has 0 aliphatic carbocycles. The molecule has 0 unspecified atom stereocenters. The lowest BCUT2D eigenvalue weighted by molar-refractivity contribution is -0.132. The summed E-state index contributed by atoms with van der Waals surface area (Å²) >= 11 is 0. The topological polar surface area (TPSA) is 272 Å². The van der Waals surface area contributed by atoms with Crippen molar-refractivity contribution in [1.82, 2.24) is 30.4 Å². The smallest absolute Gasteiger partial charge is 0.272 e. The fourth-order valence-electron chi connectivity index (χ4n) is 7.80. The van der Waals surface area contributed by atoms with Crippen LogP contribution in [0.15, 0.2) is 70.5 Å². The number of likely N-dealkylation sites (tertiary alicyclic amines) is 2. The van der Waals surface area contributed by atoms with Gasteiger partial charge in [0.15, 0.2) is 5.75 Å². The maximum Gasteiger partial charge on any atom is 0.272 e. The Balaban J connectivity index is 0.000000240. The van der Waals surface area contributed by atoms with Gasteiger partial charge in [-0.1, -0.05) is 0 Å². The Morgan fingerprint density at radius 2 is 1.20 bits per heavy atom. The first-order valence-corrected chi connectivity index (χ1v) is 22.6. The van der Waals surface area contributed by atoms with Gasteiger partial charge in [-0.15, -0.1) is 0 Å². The number of aromatic nitrogens is 2. The van der Waals surface area contributed by atoms with Gasteiger partial charge in [0.25, 0.3) is 34.5 Å². The Morgan fingerprint density at radius 1 is 0.718 bits per heavy atom.